The zero-order chi connectivity index (χ0) is 12.1. The van der Waals surface area contributed by atoms with E-state index in [1.54, 1.807) is 11.8 Å². The van der Waals surface area contributed by atoms with Crippen LogP contribution >= 0.6 is 23.4 Å². The average Bonchev–Trinajstić information content (AvgIpc) is 2.38. The lowest BCUT2D eigenvalue weighted by Crippen LogP contribution is -1.99. The van der Waals surface area contributed by atoms with Crippen LogP contribution in [0.5, 0.6) is 0 Å². The molecule has 4 heteroatoms. The zero-order valence-corrected chi connectivity index (χ0v) is 10.8. The second kappa shape index (κ2) is 6.05. The molecular formula is C13H13ClN2S. The Morgan fingerprint density at radius 3 is 2.71 bits per heavy atom. The van der Waals surface area contributed by atoms with Crippen LogP contribution in [-0.2, 0) is 12.3 Å². The summed E-state index contributed by atoms with van der Waals surface area (Å²) < 4.78 is 0. The highest BCUT2D eigenvalue weighted by molar-refractivity contribution is 7.98. The van der Waals surface area contributed by atoms with Gasteiger partial charge in [-0.25, -0.2) is 4.98 Å². The van der Waals surface area contributed by atoms with Crippen LogP contribution in [0.15, 0.2) is 47.5 Å². The second-order valence-electron chi connectivity index (χ2n) is 3.55. The minimum absolute atomic E-state index is 0.473. The number of hydrogen-bond donors (Lipinski definition) is 1. The summed E-state index contributed by atoms with van der Waals surface area (Å²) in [5.74, 6) is 0.820. The van der Waals surface area contributed by atoms with E-state index in [1.807, 2.05) is 42.5 Å². The van der Waals surface area contributed by atoms with Crippen LogP contribution in [0.1, 0.15) is 11.3 Å². The third-order valence-corrected chi connectivity index (χ3v) is 3.67. The third-order valence-electron chi connectivity index (χ3n) is 2.32. The van der Waals surface area contributed by atoms with E-state index >= 15 is 0 Å². The first kappa shape index (κ1) is 12.4. The van der Waals surface area contributed by atoms with Gasteiger partial charge in [0.1, 0.15) is 0 Å². The Morgan fingerprint density at radius 1 is 1.12 bits per heavy atom. The van der Waals surface area contributed by atoms with Crippen molar-refractivity contribution in [2.45, 2.75) is 17.3 Å². The molecule has 0 aliphatic carbocycles. The fraction of sp³-hybridized carbons (Fsp3) is 0.154. The van der Waals surface area contributed by atoms with Crippen molar-refractivity contribution in [2.24, 2.45) is 5.73 Å². The van der Waals surface area contributed by atoms with Crippen molar-refractivity contribution in [1.29, 1.82) is 0 Å². The van der Waals surface area contributed by atoms with Gasteiger partial charge in [0.25, 0.3) is 0 Å². The molecule has 2 N–H and O–H groups in total. The van der Waals surface area contributed by atoms with Crippen LogP contribution in [0.2, 0.25) is 5.02 Å². The number of hydrogen-bond acceptors (Lipinski definition) is 3. The maximum atomic E-state index is 6.10. The summed E-state index contributed by atoms with van der Waals surface area (Å²) in [5.41, 5.74) is 7.59. The molecule has 0 aliphatic rings. The molecule has 2 aromatic rings. The Labute approximate surface area is 110 Å². The van der Waals surface area contributed by atoms with E-state index in [-0.39, 0.29) is 0 Å². The zero-order valence-electron chi connectivity index (χ0n) is 9.27. The van der Waals surface area contributed by atoms with Crippen molar-refractivity contribution in [2.75, 3.05) is 0 Å². The predicted molar refractivity (Wildman–Crippen MR) is 73.1 cm³/mol. The smallest absolute Gasteiger partial charge is 0.0966 e. The van der Waals surface area contributed by atoms with E-state index in [2.05, 4.69) is 4.98 Å². The molecule has 17 heavy (non-hydrogen) atoms. The van der Waals surface area contributed by atoms with Crippen LogP contribution in [-0.4, -0.2) is 4.98 Å². The minimum atomic E-state index is 0.473. The molecule has 0 atom stereocenters. The molecule has 1 heterocycles. The van der Waals surface area contributed by atoms with Gasteiger partial charge >= 0.3 is 0 Å². The number of nitrogens with two attached hydrogens (primary N) is 1. The molecule has 0 bridgehead atoms. The molecule has 0 aliphatic heterocycles. The summed E-state index contributed by atoms with van der Waals surface area (Å²) in [7, 11) is 0. The molecule has 0 unspecified atom stereocenters. The van der Waals surface area contributed by atoms with Crippen LogP contribution in [0.4, 0.5) is 0 Å². The summed E-state index contributed by atoms with van der Waals surface area (Å²) in [5, 5.41) is 1.78. The maximum absolute atomic E-state index is 6.10. The summed E-state index contributed by atoms with van der Waals surface area (Å²) in [6, 6.07) is 13.8. The number of benzene rings is 1. The van der Waals surface area contributed by atoms with Crippen LogP contribution in [0.25, 0.3) is 0 Å². The fourth-order valence-electron chi connectivity index (χ4n) is 1.42. The van der Waals surface area contributed by atoms with Gasteiger partial charge in [0, 0.05) is 17.3 Å². The fourth-order valence-corrected chi connectivity index (χ4v) is 2.61. The number of halogens is 1. The normalized spacial score (nSPS) is 10.5. The SMILES string of the molecule is NCc1cccc(SCc2ccccc2Cl)n1. The van der Waals surface area contributed by atoms with Crippen LogP contribution in [0.3, 0.4) is 0 Å². The first-order chi connectivity index (χ1) is 8.29. The third kappa shape index (κ3) is 3.46. The van der Waals surface area contributed by atoms with E-state index in [1.165, 1.54) is 0 Å². The van der Waals surface area contributed by atoms with Gasteiger partial charge in [0.15, 0.2) is 0 Å². The lowest BCUT2D eigenvalue weighted by molar-refractivity contribution is 0.941. The van der Waals surface area contributed by atoms with Crippen LogP contribution in [0, 0.1) is 0 Å². The number of thioether (sulfide) groups is 1. The van der Waals surface area contributed by atoms with Gasteiger partial charge in [0.05, 0.1) is 10.7 Å². The lowest BCUT2D eigenvalue weighted by atomic mass is 10.2. The molecule has 0 fully saturated rings. The van der Waals surface area contributed by atoms with Crippen molar-refractivity contribution >= 4 is 23.4 Å². The van der Waals surface area contributed by atoms with Crippen molar-refractivity contribution in [3.8, 4) is 0 Å². The largest absolute Gasteiger partial charge is 0.325 e. The standard InChI is InChI=1S/C13H13ClN2S/c14-12-6-2-1-4-10(12)9-17-13-7-3-5-11(8-15)16-13/h1-7H,8-9,15H2. The first-order valence-electron chi connectivity index (χ1n) is 5.32. The van der Waals surface area contributed by atoms with E-state index in [0.29, 0.717) is 6.54 Å². The number of pyridine rings is 1. The summed E-state index contributed by atoms with van der Waals surface area (Å²) in [4.78, 5) is 4.43. The minimum Gasteiger partial charge on any atom is -0.325 e. The lowest BCUT2D eigenvalue weighted by Gasteiger charge is -2.04. The Morgan fingerprint density at radius 2 is 1.94 bits per heavy atom. The summed E-state index contributed by atoms with van der Waals surface area (Å²) >= 11 is 7.76. The highest BCUT2D eigenvalue weighted by Gasteiger charge is 2.02. The summed E-state index contributed by atoms with van der Waals surface area (Å²) in [6.07, 6.45) is 0. The highest BCUT2D eigenvalue weighted by atomic mass is 35.5. The molecule has 1 aromatic heterocycles. The van der Waals surface area contributed by atoms with Gasteiger partial charge in [0.2, 0.25) is 0 Å². The molecule has 2 nitrogen and oxygen atoms in total. The molecule has 1 aromatic carbocycles. The van der Waals surface area contributed by atoms with Gasteiger partial charge in [-0.3, -0.25) is 0 Å². The van der Waals surface area contributed by atoms with E-state index in [9.17, 15) is 0 Å². The molecule has 0 amide bonds. The monoisotopic (exact) mass is 264 g/mol. The topological polar surface area (TPSA) is 38.9 Å². The first-order valence-corrected chi connectivity index (χ1v) is 6.68. The predicted octanol–water partition coefficient (Wildman–Crippen LogP) is 3.49. The maximum Gasteiger partial charge on any atom is 0.0966 e. The Hall–Kier alpha value is -1.03. The molecule has 88 valence electrons. The quantitative estimate of drug-likeness (QED) is 0.860. The van der Waals surface area contributed by atoms with Gasteiger partial charge in [-0.15, -0.1) is 11.8 Å². The van der Waals surface area contributed by atoms with E-state index < -0.39 is 0 Å². The Balaban J connectivity index is 2.05. The number of nitrogens with zero attached hydrogens (tertiary/aromatic N) is 1. The summed E-state index contributed by atoms with van der Waals surface area (Å²) in [6.45, 7) is 0.473. The van der Waals surface area contributed by atoms with Crippen molar-refractivity contribution < 1.29 is 0 Å². The van der Waals surface area contributed by atoms with Gasteiger partial charge in [-0.2, -0.15) is 0 Å². The van der Waals surface area contributed by atoms with Gasteiger partial charge in [-0.1, -0.05) is 35.9 Å². The molecular weight excluding hydrogens is 252 g/mol. The Kier molecular flexibility index (Phi) is 4.42. The molecule has 0 spiro atoms. The van der Waals surface area contributed by atoms with Crippen molar-refractivity contribution in [3.05, 3.63) is 58.7 Å². The molecule has 0 saturated heterocycles. The highest BCUT2D eigenvalue weighted by Crippen LogP contribution is 2.25. The average molecular weight is 265 g/mol. The number of rotatable bonds is 4. The van der Waals surface area contributed by atoms with Gasteiger partial charge < -0.3 is 5.73 Å². The van der Waals surface area contributed by atoms with E-state index in [4.69, 9.17) is 17.3 Å². The van der Waals surface area contributed by atoms with Gasteiger partial charge in [-0.05, 0) is 23.8 Å². The van der Waals surface area contributed by atoms with E-state index in [0.717, 1.165) is 27.1 Å². The van der Waals surface area contributed by atoms with Crippen molar-refractivity contribution in [3.63, 3.8) is 0 Å². The number of aromatic nitrogens is 1. The molecule has 2 rings (SSSR count). The van der Waals surface area contributed by atoms with Crippen molar-refractivity contribution in [1.82, 2.24) is 4.98 Å². The second-order valence-corrected chi connectivity index (χ2v) is 4.95. The van der Waals surface area contributed by atoms with Crippen LogP contribution < -0.4 is 5.73 Å². The molecule has 0 radical (unpaired) electrons. The molecule has 0 saturated carbocycles. The Bertz CT molecular complexity index is 502.